The Balaban J connectivity index is 1.08. The average Bonchev–Trinajstić information content (AvgIpc) is 3.87. The molecule has 1 unspecified atom stereocenters. The van der Waals surface area contributed by atoms with E-state index in [2.05, 4.69) is 198 Å². The third-order valence-electron chi connectivity index (χ3n) is 10.9. The fraction of sp³-hybridized carbons (Fsp3) is 0.0196. The van der Waals surface area contributed by atoms with Crippen LogP contribution in [-0.4, -0.2) is 0 Å². The van der Waals surface area contributed by atoms with Crippen molar-refractivity contribution in [3.8, 4) is 28.0 Å². The minimum atomic E-state index is -0.240. The molecule has 10 aromatic rings. The molecule has 1 aliphatic rings. The van der Waals surface area contributed by atoms with Gasteiger partial charge < -0.3 is 15.0 Å². The third kappa shape index (κ3) is 5.25. The Labute approximate surface area is 323 Å². The lowest BCUT2D eigenvalue weighted by atomic mass is 9.97. The molecule has 0 aliphatic carbocycles. The van der Waals surface area contributed by atoms with Crippen LogP contribution in [0.4, 0.5) is 22.7 Å². The summed E-state index contributed by atoms with van der Waals surface area (Å²) in [5.74, 6) is 0.896. The minimum absolute atomic E-state index is 0.240. The van der Waals surface area contributed by atoms with E-state index in [0.717, 1.165) is 55.6 Å². The van der Waals surface area contributed by atoms with Gasteiger partial charge in [-0.15, -0.1) is 11.3 Å². The third-order valence-corrected chi connectivity index (χ3v) is 12.1. The van der Waals surface area contributed by atoms with E-state index in [9.17, 15) is 0 Å². The number of nitrogens with zero attached hydrogens (tertiary/aromatic N) is 1. The Morgan fingerprint density at radius 1 is 0.491 bits per heavy atom. The van der Waals surface area contributed by atoms with Crippen molar-refractivity contribution in [3.05, 3.63) is 200 Å². The van der Waals surface area contributed by atoms with Crippen molar-refractivity contribution >= 4 is 75.8 Å². The molecular weight excluding hydrogens is 689 g/mol. The summed E-state index contributed by atoms with van der Waals surface area (Å²) in [6.45, 7) is 0. The lowest BCUT2D eigenvalue weighted by Crippen LogP contribution is -2.11. The SMILES string of the molecule is c1ccc(-c2cccc3c2sc2cc(-c4ccccc4N(c4ccccc4)c4cccc5c4ccc4ccc6c(c45)OC(c4ccccc4)N6)ccc23)cc1. The van der Waals surface area contributed by atoms with Gasteiger partial charge in [0.05, 0.1) is 17.1 Å². The molecule has 1 aliphatic heterocycles. The summed E-state index contributed by atoms with van der Waals surface area (Å²) in [4.78, 5) is 2.42. The van der Waals surface area contributed by atoms with Gasteiger partial charge >= 0.3 is 0 Å². The predicted octanol–water partition coefficient (Wildman–Crippen LogP) is 14.7. The van der Waals surface area contributed by atoms with E-state index in [0.29, 0.717) is 0 Å². The highest BCUT2D eigenvalue weighted by Crippen LogP contribution is 2.49. The van der Waals surface area contributed by atoms with Gasteiger partial charge in [-0.1, -0.05) is 158 Å². The molecular formula is C51H34N2OS. The first-order valence-electron chi connectivity index (χ1n) is 18.7. The number of rotatable bonds is 6. The van der Waals surface area contributed by atoms with E-state index >= 15 is 0 Å². The fourth-order valence-electron chi connectivity index (χ4n) is 8.34. The maximum atomic E-state index is 6.73. The molecule has 0 amide bonds. The maximum Gasteiger partial charge on any atom is 0.196 e. The van der Waals surface area contributed by atoms with E-state index in [1.165, 1.54) is 42.4 Å². The first kappa shape index (κ1) is 31.6. The first-order chi connectivity index (χ1) is 27.3. The molecule has 260 valence electrons. The number of nitrogens with one attached hydrogen (secondary N) is 1. The van der Waals surface area contributed by atoms with Gasteiger partial charge in [0.2, 0.25) is 0 Å². The number of hydrogen-bond donors (Lipinski definition) is 1. The van der Waals surface area contributed by atoms with Gasteiger partial charge in [0.1, 0.15) is 0 Å². The Morgan fingerprint density at radius 3 is 2.02 bits per heavy atom. The maximum absolute atomic E-state index is 6.73. The zero-order valence-electron chi connectivity index (χ0n) is 29.8. The average molecular weight is 723 g/mol. The molecule has 11 rings (SSSR count). The highest BCUT2D eigenvalue weighted by atomic mass is 32.1. The molecule has 0 spiro atoms. The number of fused-ring (bicyclic) bond motifs is 8. The van der Waals surface area contributed by atoms with Crippen molar-refractivity contribution in [2.75, 3.05) is 10.2 Å². The van der Waals surface area contributed by atoms with Crippen LogP contribution in [0.1, 0.15) is 11.8 Å². The smallest absolute Gasteiger partial charge is 0.196 e. The molecule has 1 aromatic heterocycles. The largest absolute Gasteiger partial charge is 0.464 e. The summed E-state index contributed by atoms with van der Waals surface area (Å²) in [5, 5.41) is 10.8. The molecule has 4 heteroatoms. The molecule has 1 N–H and O–H groups in total. The highest BCUT2D eigenvalue weighted by molar-refractivity contribution is 7.26. The van der Waals surface area contributed by atoms with Crippen molar-refractivity contribution in [1.82, 2.24) is 0 Å². The normalized spacial score (nSPS) is 13.6. The zero-order valence-corrected chi connectivity index (χ0v) is 30.6. The summed E-state index contributed by atoms with van der Waals surface area (Å²) in [7, 11) is 0. The van der Waals surface area contributed by atoms with Crippen molar-refractivity contribution < 1.29 is 4.74 Å². The molecule has 0 saturated carbocycles. The number of thiophene rings is 1. The number of anilines is 4. The van der Waals surface area contributed by atoms with Crippen LogP contribution in [0.3, 0.4) is 0 Å². The fourth-order valence-corrected chi connectivity index (χ4v) is 9.62. The summed E-state index contributed by atoms with van der Waals surface area (Å²) < 4.78 is 9.33. The Hall–Kier alpha value is -6.88. The van der Waals surface area contributed by atoms with E-state index < -0.39 is 0 Å². The van der Waals surface area contributed by atoms with E-state index in [1.54, 1.807) is 0 Å². The van der Waals surface area contributed by atoms with Crippen LogP contribution < -0.4 is 15.0 Å². The number of benzene rings is 9. The van der Waals surface area contributed by atoms with Crippen molar-refractivity contribution in [1.29, 1.82) is 0 Å². The molecule has 9 aromatic carbocycles. The van der Waals surface area contributed by atoms with Crippen molar-refractivity contribution in [2.45, 2.75) is 6.23 Å². The molecule has 3 nitrogen and oxygen atoms in total. The molecule has 0 radical (unpaired) electrons. The van der Waals surface area contributed by atoms with Crippen LogP contribution in [0.25, 0.3) is 64.0 Å². The van der Waals surface area contributed by atoms with Crippen molar-refractivity contribution in [3.63, 3.8) is 0 Å². The van der Waals surface area contributed by atoms with Crippen LogP contribution in [0.2, 0.25) is 0 Å². The molecule has 1 atom stereocenters. The quantitative estimate of drug-likeness (QED) is 0.173. The minimum Gasteiger partial charge on any atom is -0.464 e. The molecule has 55 heavy (non-hydrogen) atoms. The molecule has 0 fully saturated rings. The van der Waals surface area contributed by atoms with Gasteiger partial charge in [0.25, 0.3) is 0 Å². The standard InChI is InChI=1S/C51H34N2OS/c1-4-14-33(15-5-1)39-21-12-23-43-41-30-27-36(32-47(41)55-50(39)43)38-20-10-11-24-45(38)53(37-18-8-3-9-19-37)46-25-13-22-42-40(46)29-26-34-28-31-44-49(48(34)42)54-51(52-44)35-16-6-2-7-17-35/h1-32,51-52H. The lowest BCUT2D eigenvalue weighted by molar-refractivity contribution is 0.263. The topological polar surface area (TPSA) is 24.5 Å². The molecule has 2 heterocycles. The Kier molecular flexibility index (Phi) is 7.42. The summed E-state index contributed by atoms with van der Waals surface area (Å²) in [5.41, 5.74) is 10.3. The summed E-state index contributed by atoms with van der Waals surface area (Å²) >= 11 is 1.88. The van der Waals surface area contributed by atoms with Crippen LogP contribution in [0.15, 0.2) is 194 Å². The van der Waals surface area contributed by atoms with E-state index in [1.807, 2.05) is 17.4 Å². The Bertz CT molecular complexity index is 3050. The van der Waals surface area contributed by atoms with Gasteiger partial charge in [0, 0.05) is 47.8 Å². The summed E-state index contributed by atoms with van der Waals surface area (Å²) in [6, 6.07) is 69.8. The second kappa shape index (κ2) is 12.9. The number of ether oxygens (including phenoxy) is 1. The zero-order chi connectivity index (χ0) is 36.3. The van der Waals surface area contributed by atoms with E-state index in [-0.39, 0.29) is 6.23 Å². The molecule has 0 saturated heterocycles. The van der Waals surface area contributed by atoms with Gasteiger partial charge in [-0.3, -0.25) is 0 Å². The van der Waals surface area contributed by atoms with Crippen molar-refractivity contribution in [2.24, 2.45) is 0 Å². The van der Waals surface area contributed by atoms with Gasteiger partial charge in [-0.25, -0.2) is 0 Å². The van der Waals surface area contributed by atoms with Gasteiger partial charge in [-0.2, -0.15) is 0 Å². The first-order valence-corrected chi connectivity index (χ1v) is 19.5. The number of para-hydroxylation sites is 2. The van der Waals surface area contributed by atoms with Crippen LogP contribution in [0.5, 0.6) is 5.75 Å². The second-order valence-electron chi connectivity index (χ2n) is 14.1. The van der Waals surface area contributed by atoms with E-state index in [4.69, 9.17) is 4.74 Å². The van der Waals surface area contributed by atoms with Crippen LogP contribution in [0, 0.1) is 0 Å². The second-order valence-corrected chi connectivity index (χ2v) is 15.1. The highest BCUT2D eigenvalue weighted by Gasteiger charge is 2.27. The Morgan fingerprint density at radius 2 is 1.16 bits per heavy atom. The predicted molar refractivity (Wildman–Crippen MR) is 233 cm³/mol. The molecule has 0 bridgehead atoms. The number of hydrogen-bond acceptors (Lipinski definition) is 4. The van der Waals surface area contributed by atoms with Gasteiger partial charge in [-0.05, 0) is 63.9 Å². The monoisotopic (exact) mass is 722 g/mol. The van der Waals surface area contributed by atoms with Crippen LogP contribution >= 0.6 is 11.3 Å². The lowest BCUT2D eigenvalue weighted by Gasteiger charge is -2.29. The van der Waals surface area contributed by atoms with Crippen LogP contribution in [-0.2, 0) is 0 Å². The summed E-state index contributed by atoms with van der Waals surface area (Å²) in [6.07, 6.45) is -0.240. The van der Waals surface area contributed by atoms with Gasteiger partial charge in [0.15, 0.2) is 12.0 Å².